The van der Waals surface area contributed by atoms with E-state index < -0.39 is 11.7 Å². The van der Waals surface area contributed by atoms with Gasteiger partial charge in [0.05, 0.1) is 5.56 Å². The smallest absolute Gasteiger partial charge is 0.416 e. The van der Waals surface area contributed by atoms with Crippen LogP contribution >= 0.6 is 0 Å². The quantitative estimate of drug-likeness (QED) is 0.384. The van der Waals surface area contributed by atoms with E-state index in [1.54, 1.807) is 43.6 Å². The van der Waals surface area contributed by atoms with Gasteiger partial charge in [0.25, 0.3) is 0 Å². The SMILES string of the molecule is CCN1CCN(Cc2ccc(CC(=O)c3ccc(C)c(Oc4ccnc(NC)n4)c3)cc2C(F)(F)F)CC1. The molecule has 1 saturated heterocycles. The first kappa shape index (κ1) is 27.5. The number of ketones is 1. The molecule has 1 aliphatic heterocycles. The summed E-state index contributed by atoms with van der Waals surface area (Å²) in [5.74, 6) is 0.828. The molecule has 1 N–H and O–H groups in total. The number of alkyl halides is 3. The Bertz CT molecular complexity index is 1270. The van der Waals surface area contributed by atoms with Crippen LogP contribution in [0.2, 0.25) is 0 Å². The van der Waals surface area contributed by atoms with Gasteiger partial charge in [-0.05, 0) is 42.3 Å². The lowest BCUT2D eigenvalue weighted by Gasteiger charge is -2.34. The van der Waals surface area contributed by atoms with E-state index in [0.29, 0.717) is 28.7 Å². The zero-order chi connectivity index (χ0) is 27.3. The highest BCUT2D eigenvalue weighted by molar-refractivity contribution is 5.98. The maximum absolute atomic E-state index is 14.0. The number of hydrogen-bond donors (Lipinski definition) is 1. The molecule has 1 aliphatic rings. The van der Waals surface area contributed by atoms with Gasteiger partial charge < -0.3 is 15.0 Å². The predicted molar refractivity (Wildman–Crippen MR) is 140 cm³/mol. The van der Waals surface area contributed by atoms with Crippen LogP contribution in [0.4, 0.5) is 19.1 Å². The number of likely N-dealkylation sites (N-methyl/N-ethyl adjacent to an activating group) is 1. The van der Waals surface area contributed by atoms with Gasteiger partial charge in [-0.3, -0.25) is 9.69 Å². The van der Waals surface area contributed by atoms with E-state index in [1.165, 1.54) is 6.07 Å². The van der Waals surface area contributed by atoms with Crippen LogP contribution < -0.4 is 10.1 Å². The number of rotatable bonds is 9. The third kappa shape index (κ3) is 6.87. The molecule has 2 aromatic carbocycles. The summed E-state index contributed by atoms with van der Waals surface area (Å²) < 4.78 is 47.8. The van der Waals surface area contributed by atoms with Crippen LogP contribution in [0.1, 0.15) is 39.5 Å². The Balaban J connectivity index is 1.50. The Morgan fingerprint density at radius 3 is 2.47 bits per heavy atom. The Labute approximate surface area is 220 Å². The second kappa shape index (κ2) is 11.9. The highest BCUT2D eigenvalue weighted by atomic mass is 19.4. The van der Waals surface area contributed by atoms with Gasteiger partial charge in [-0.15, -0.1) is 0 Å². The monoisotopic (exact) mass is 527 g/mol. The van der Waals surface area contributed by atoms with Crippen molar-refractivity contribution in [2.24, 2.45) is 0 Å². The molecule has 0 unspecified atom stereocenters. The molecule has 0 spiro atoms. The highest BCUT2D eigenvalue weighted by Crippen LogP contribution is 2.34. The fraction of sp³-hybridized carbons (Fsp3) is 0.393. The largest absolute Gasteiger partial charge is 0.439 e. The summed E-state index contributed by atoms with van der Waals surface area (Å²) in [4.78, 5) is 25.7. The van der Waals surface area contributed by atoms with Crippen molar-refractivity contribution < 1.29 is 22.7 Å². The number of nitrogens with zero attached hydrogens (tertiary/aromatic N) is 4. The molecule has 0 amide bonds. The molecule has 0 saturated carbocycles. The summed E-state index contributed by atoms with van der Waals surface area (Å²) in [5, 5.41) is 2.83. The van der Waals surface area contributed by atoms with E-state index in [9.17, 15) is 18.0 Å². The lowest BCUT2D eigenvalue weighted by molar-refractivity contribution is -0.138. The molecule has 202 valence electrons. The minimum Gasteiger partial charge on any atom is -0.439 e. The third-order valence-corrected chi connectivity index (χ3v) is 6.73. The van der Waals surface area contributed by atoms with E-state index >= 15 is 0 Å². The average molecular weight is 528 g/mol. The van der Waals surface area contributed by atoms with Crippen LogP contribution in [0.15, 0.2) is 48.7 Å². The van der Waals surface area contributed by atoms with E-state index in [2.05, 4.69) is 27.1 Å². The van der Waals surface area contributed by atoms with Crippen LogP contribution in [0.25, 0.3) is 0 Å². The number of Topliss-reactive ketones (excluding diaryl/α,β-unsaturated/α-hetero) is 1. The van der Waals surface area contributed by atoms with Crippen LogP contribution in [0.5, 0.6) is 11.6 Å². The van der Waals surface area contributed by atoms with Crippen molar-refractivity contribution in [3.8, 4) is 11.6 Å². The number of carbonyl (C=O) groups is 1. The van der Waals surface area contributed by atoms with Gasteiger partial charge in [-0.1, -0.05) is 31.2 Å². The van der Waals surface area contributed by atoms with Crippen molar-refractivity contribution in [1.29, 1.82) is 0 Å². The van der Waals surface area contributed by atoms with Crippen molar-refractivity contribution in [2.45, 2.75) is 33.0 Å². The predicted octanol–water partition coefficient (Wildman–Crippen LogP) is 5.20. The van der Waals surface area contributed by atoms with Crippen LogP contribution in [0, 0.1) is 6.92 Å². The fourth-order valence-corrected chi connectivity index (χ4v) is 4.44. The van der Waals surface area contributed by atoms with Gasteiger partial charge in [-0.25, -0.2) is 4.98 Å². The molecule has 0 atom stereocenters. The van der Waals surface area contributed by atoms with Gasteiger partial charge >= 0.3 is 6.18 Å². The summed E-state index contributed by atoms with van der Waals surface area (Å²) in [7, 11) is 1.69. The van der Waals surface area contributed by atoms with E-state index in [-0.39, 0.29) is 24.3 Å². The van der Waals surface area contributed by atoms with Crippen molar-refractivity contribution in [1.82, 2.24) is 19.8 Å². The van der Waals surface area contributed by atoms with Crippen molar-refractivity contribution >= 4 is 11.7 Å². The molecular formula is C28H32F3N5O2. The normalized spacial score (nSPS) is 14.9. The molecule has 0 radical (unpaired) electrons. The van der Waals surface area contributed by atoms with Crippen molar-refractivity contribution in [2.75, 3.05) is 45.1 Å². The number of aromatic nitrogens is 2. The minimum atomic E-state index is -4.51. The van der Waals surface area contributed by atoms with Gasteiger partial charge in [0.2, 0.25) is 11.8 Å². The number of benzene rings is 2. The molecule has 1 fully saturated rings. The molecule has 2 heterocycles. The number of hydrogen-bond acceptors (Lipinski definition) is 7. The van der Waals surface area contributed by atoms with E-state index in [0.717, 1.165) is 44.4 Å². The molecule has 0 aliphatic carbocycles. The number of piperazine rings is 1. The molecule has 3 aromatic rings. The van der Waals surface area contributed by atoms with E-state index in [4.69, 9.17) is 4.74 Å². The third-order valence-electron chi connectivity index (χ3n) is 6.73. The summed E-state index contributed by atoms with van der Waals surface area (Å²) in [6.07, 6.45) is -3.11. The zero-order valence-electron chi connectivity index (χ0n) is 21.8. The van der Waals surface area contributed by atoms with Gasteiger partial charge in [0.1, 0.15) is 5.75 Å². The lowest BCUT2D eigenvalue weighted by atomic mass is 9.97. The zero-order valence-corrected chi connectivity index (χ0v) is 21.8. The van der Waals surface area contributed by atoms with Crippen LogP contribution in [-0.2, 0) is 19.1 Å². The molecule has 10 heteroatoms. The van der Waals surface area contributed by atoms with Crippen LogP contribution in [-0.4, -0.2) is 65.3 Å². The molecule has 38 heavy (non-hydrogen) atoms. The fourth-order valence-electron chi connectivity index (χ4n) is 4.44. The number of ether oxygens (including phenoxy) is 1. The first-order valence-corrected chi connectivity index (χ1v) is 12.6. The van der Waals surface area contributed by atoms with Crippen molar-refractivity contribution in [3.05, 3.63) is 76.5 Å². The van der Waals surface area contributed by atoms with Gasteiger partial charge in [0, 0.05) is 64.0 Å². The topological polar surface area (TPSA) is 70.6 Å². The van der Waals surface area contributed by atoms with Crippen molar-refractivity contribution in [3.63, 3.8) is 0 Å². The number of aryl methyl sites for hydroxylation is 1. The Kier molecular flexibility index (Phi) is 8.63. The van der Waals surface area contributed by atoms with Gasteiger partial charge in [-0.2, -0.15) is 18.2 Å². The molecule has 1 aromatic heterocycles. The second-order valence-electron chi connectivity index (χ2n) is 9.35. The minimum absolute atomic E-state index is 0.154. The second-order valence-corrected chi connectivity index (χ2v) is 9.35. The maximum atomic E-state index is 14.0. The average Bonchev–Trinajstić information content (AvgIpc) is 2.90. The Morgan fingerprint density at radius 1 is 1.05 bits per heavy atom. The lowest BCUT2D eigenvalue weighted by Crippen LogP contribution is -2.45. The standard InChI is InChI=1S/C28H32F3N5O2/c1-4-35-11-13-36(14-12-35)18-22-8-6-20(15-23(22)28(29,30)31)16-24(37)21-7-5-19(2)25(17-21)38-26-9-10-33-27(32-3)34-26/h5-10,15,17H,4,11-14,16,18H2,1-3H3,(H,32,33,34). The summed E-state index contributed by atoms with van der Waals surface area (Å²) in [5.41, 5.74) is 1.00. The Hall–Kier alpha value is -3.50. The number of nitrogens with one attached hydrogen (secondary N) is 1. The molecule has 4 rings (SSSR count). The van der Waals surface area contributed by atoms with Crippen LogP contribution in [0.3, 0.4) is 0 Å². The van der Waals surface area contributed by atoms with Gasteiger partial charge in [0.15, 0.2) is 5.78 Å². The number of anilines is 1. The number of carbonyl (C=O) groups excluding carboxylic acids is 1. The van der Waals surface area contributed by atoms with E-state index in [1.807, 2.05) is 11.8 Å². The molecular weight excluding hydrogens is 495 g/mol. The molecule has 7 nitrogen and oxygen atoms in total. The Morgan fingerprint density at radius 2 is 1.79 bits per heavy atom. The summed E-state index contributed by atoms with van der Waals surface area (Å²) >= 11 is 0. The molecule has 0 bridgehead atoms. The first-order chi connectivity index (χ1) is 18.2. The maximum Gasteiger partial charge on any atom is 0.416 e. The first-order valence-electron chi connectivity index (χ1n) is 12.6. The number of halogens is 3. The summed E-state index contributed by atoms with van der Waals surface area (Å²) in [6.45, 7) is 8.25. The highest BCUT2D eigenvalue weighted by Gasteiger charge is 2.34. The summed E-state index contributed by atoms with van der Waals surface area (Å²) in [6, 6.07) is 10.8.